The molecule has 0 saturated carbocycles. The van der Waals surface area contributed by atoms with Gasteiger partial charge in [0.25, 0.3) is 0 Å². The van der Waals surface area contributed by atoms with E-state index in [2.05, 4.69) is 10.6 Å². The molecule has 5 heteroatoms. The van der Waals surface area contributed by atoms with Crippen molar-refractivity contribution < 1.29 is 14.6 Å². The van der Waals surface area contributed by atoms with Crippen LogP contribution in [-0.2, 0) is 4.79 Å². The van der Waals surface area contributed by atoms with Gasteiger partial charge in [-0.25, -0.2) is 0 Å². The molecule has 5 nitrogen and oxygen atoms in total. The first-order valence-electron chi connectivity index (χ1n) is 6.44. The second-order valence-corrected chi connectivity index (χ2v) is 4.63. The van der Waals surface area contributed by atoms with Gasteiger partial charge in [-0.1, -0.05) is 18.2 Å². The lowest BCUT2D eigenvalue weighted by Gasteiger charge is -2.14. The molecule has 0 bridgehead atoms. The topological polar surface area (TPSA) is 70.6 Å². The fourth-order valence-electron chi connectivity index (χ4n) is 1.49. The molecule has 1 amide bonds. The summed E-state index contributed by atoms with van der Waals surface area (Å²) in [4.78, 5) is 11.3. The molecule has 1 aromatic carbocycles. The molecule has 1 aromatic rings. The monoisotopic (exact) mass is 266 g/mol. The molecule has 0 aliphatic heterocycles. The highest BCUT2D eigenvalue weighted by molar-refractivity contribution is 5.78. The van der Waals surface area contributed by atoms with Crippen molar-refractivity contribution >= 4 is 5.91 Å². The molecule has 0 aromatic heterocycles. The van der Waals surface area contributed by atoms with Crippen LogP contribution < -0.4 is 15.4 Å². The number of para-hydroxylation sites is 1. The van der Waals surface area contributed by atoms with Crippen molar-refractivity contribution in [1.29, 1.82) is 0 Å². The number of ether oxygens (including phenoxy) is 1. The fourth-order valence-corrected chi connectivity index (χ4v) is 1.49. The Kier molecular flexibility index (Phi) is 6.92. The number of hydrogen-bond donors (Lipinski definition) is 3. The zero-order chi connectivity index (χ0) is 14.1. The van der Waals surface area contributed by atoms with E-state index in [1.54, 1.807) is 0 Å². The van der Waals surface area contributed by atoms with Crippen LogP contribution in [0.1, 0.15) is 13.8 Å². The van der Waals surface area contributed by atoms with Gasteiger partial charge in [0.2, 0.25) is 5.91 Å². The minimum absolute atomic E-state index is 0.0776. The molecule has 0 saturated heterocycles. The van der Waals surface area contributed by atoms with Crippen molar-refractivity contribution in [1.82, 2.24) is 10.6 Å². The molecule has 19 heavy (non-hydrogen) atoms. The fraction of sp³-hybridized carbons (Fsp3) is 0.500. The van der Waals surface area contributed by atoms with Crippen LogP contribution in [-0.4, -0.2) is 42.9 Å². The van der Waals surface area contributed by atoms with Crippen LogP contribution in [0.25, 0.3) is 0 Å². The third-order valence-corrected chi connectivity index (χ3v) is 2.30. The van der Waals surface area contributed by atoms with Gasteiger partial charge < -0.3 is 20.5 Å². The largest absolute Gasteiger partial charge is 0.491 e. The van der Waals surface area contributed by atoms with E-state index >= 15 is 0 Å². The SMILES string of the molecule is CC(C)NC(=O)CNCC(O)COc1ccccc1. The lowest BCUT2D eigenvalue weighted by molar-refractivity contribution is -0.120. The molecular weight excluding hydrogens is 244 g/mol. The van der Waals surface area contributed by atoms with Gasteiger partial charge in [-0.15, -0.1) is 0 Å². The van der Waals surface area contributed by atoms with Crippen LogP contribution in [0.15, 0.2) is 30.3 Å². The van der Waals surface area contributed by atoms with Gasteiger partial charge in [0.05, 0.1) is 6.54 Å². The van der Waals surface area contributed by atoms with E-state index in [4.69, 9.17) is 4.74 Å². The van der Waals surface area contributed by atoms with E-state index in [1.165, 1.54) is 0 Å². The number of benzene rings is 1. The summed E-state index contributed by atoms with van der Waals surface area (Å²) in [5, 5.41) is 15.3. The Labute approximate surface area is 114 Å². The quantitative estimate of drug-likeness (QED) is 0.642. The number of carbonyl (C=O) groups excluding carboxylic acids is 1. The summed E-state index contributed by atoms with van der Waals surface area (Å²) >= 11 is 0. The number of amides is 1. The smallest absolute Gasteiger partial charge is 0.234 e. The Hall–Kier alpha value is -1.59. The van der Waals surface area contributed by atoms with E-state index < -0.39 is 6.10 Å². The maximum atomic E-state index is 11.3. The number of carbonyl (C=O) groups is 1. The van der Waals surface area contributed by atoms with E-state index in [0.717, 1.165) is 5.75 Å². The van der Waals surface area contributed by atoms with E-state index in [1.807, 2.05) is 44.2 Å². The van der Waals surface area contributed by atoms with Crippen molar-refractivity contribution in [3.05, 3.63) is 30.3 Å². The van der Waals surface area contributed by atoms with Gasteiger partial charge >= 0.3 is 0 Å². The summed E-state index contributed by atoms with van der Waals surface area (Å²) in [5.74, 6) is 0.644. The minimum atomic E-state index is -0.646. The van der Waals surface area contributed by atoms with Gasteiger partial charge in [-0.05, 0) is 26.0 Å². The van der Waals surface area contributed by atoms with Crippen LogP contribution in [0.5, 0.6) is 5.75 Å². The molecule has 1 unspecified atom stereocenters. The van der Waals surface area contributed by atoms with Crippen LogP contribution in [0.4, 0.5) is 0 Å². The maximum Gasteiger partial charge on any atom is 0.234 e. The summed E-state index contributed by atoms with van der Waals surface area (Å²) < 4.78 is 5.40. The van der Waals surface area contributed by atoms with Crippen molar-refractivity contribution in [2.45, 2.75) is 26.0 Å². The van der Waals surface area contributed by atoms with Crippen LogP contribution >= 0.6 is 0 Å². The zero-order valence-corrected chi connectivity index (χ0v) is 11.4. The molecule has 0 spiro atoms. The molecule has 1 atom stereocenters. The first-order valence-corrected chi connectivity index (χ1v) is 6.44. The van der Waals surface area contributed by atoms with Gasteiger partial charge in [0.15, 0.2) is 0 Å². The number of nitrogens with one attached hydrogen (secondary N) is 2. The number of rotatable bonds is 8. The third-order valence-electron chi connectivity index (χ3n) is 2.30. The Bertz CT molecular complexity index is 368. The standard InChI is InChI=1S/C14H22N2O3/c1-11(2)16-14(18)9-15-8-12(17)10-19-13-6-4-3-5-7-13/h3-7,11-12,15,17H,8-10H2,1-2H3,(H,16,18). The number of aliphatic hydroxyl groups excluding tert-OH is 1. The van der Waals surface area contributed by atoms with E-state index in [-0.39, 0.29) is 25.1 Å². The van der Waals surface area contributed by atoms with Crippen LogP contribution in [0.2, 0.25) is 0 Å². The van der Waals surface area contributed by atoms with Gasteiger partial charge in [-0.3, -0.25) is 4.79 Å². The zero-order valence-electron chi connectivity index (χ0n) is 11.4. The molecular formula is C14H22N2O3. The maximum absolute atomic E-state index is 11.3. The summed E-state index contributed by atoms with van der Waals surface area (Å²) in [6, 6.07) is 9.43. The molecule has 0 radical (unpaired) electrons. The summed E-state index contributed by atoms with van der Waals surface area (Å²) in [6.07, 6.45) is -0.646. The Morgan fingerprint density at radius 3 is 2.63 bits per heavy atom. The van der Waals surface area contributed by atoms with Crippen molar-refractivity contribution in [2.75, 3.05) is 19.7 Å². The predicted octanol–water partition coefficient (Wildman–Crippen LogP) is 0.541. The summed E-state index contributed by atoms with van der Waals surface area (Å²) in [6.45, 7) is 4.52. The van der Waals surface area contributed by atoms with Crippen molar-refractivity contribution in [2.24, 2.45) is 0 Å². The highest BCUT2D eigenvalue weighted by atomic mass is 16.5. The second-order valence-electron chi connectivity index (χ2n) is 4.63. The minimum Gasteiger partial charge on any atom is -0.491 e. The molecule has 0 aliphatic carbocycles. The average Bonchev–Trinajstić information content (AvgIpc) is 2.36. The highest BCUT2D eigenvalue weighted by Gasteiger charge is 2.07. The van der Waals surface area contributed by atoms with Crippen molar-refractivity contribution in [3.8, 4) is 5.75 Å². The first kappa shape index (κ1) is 15.5. The summed E-state index contributed by atoms with van der Waals surface area (Å²) in [7, 11) is 0. The molecule has 106 valence electrons. The molecule has 0 fully saturated rings. The van der Waals surface area contributed by atoms with Crippen molar-refractivity contribution in [3.63, 3.8) is 0 Å². The van der Waals surface area contributed by atoms with Crippen LogP contribution in [0.3, 0.4) is 0 Å². The lowest BCUT2D eigenvalue weighted by Crippen LogP contribution is -2.41. The Balaban J connectivity index is 2.11. The molecule has 0 aliphatic rings. The van der Waals surface area contributed by atoms with Gasteiger partial charge in [-0.2, -0.15) is 0 Å². The molecule has 3 N–H and O–H groups in total. The van der Waals surface area contributed by atoms with Gasteiger partial charge in [0, 0.05) is 12.6 Å². The first-order chi connectivity index (χ1) is 9.08. The Morgan fingerprint density at radius 2 is 2.00 bits per heavy atom. The number of hydrogen-bond acceptors (Lipinski definition) is 4. The lowest BCUT2D eigenvalue weighted by atomic mass is 10.3. The average molecular weight is 266 g/mol. The molecule has 1 rings (SSSR count). The number of aliphatic hydroxyl groups is 1. The normalized spacial score (nSPS) is 12.2. The second kappa shape index (κ2) is 8.50. The van der Waals surface area contributed by atoms with Crippen LogP contribution in [0, 0.1) is 0 Å². The summed E-state index contributed by atoms with van der Waals surface area (Å²) in [5.41, 5.74) is 0. The highest BCUT2D eigenvalue weighted by Crippen LogP contribution is 2.08. The predicted molar refractivity (Wildman–Crippen MR) is 74.1 cm³/mol. The van der Waals surface area contributed by atoms with E-state index in [9.17, 15) is 9.90 Å². The molecule has 0 heterocycles. The van der Waals surface area contributed by atoms with Gasteiger partial charge in [0.1, 0.15) is 18.5 Å². The Morgan fingerprint density at radius 1 is 1.32 bits per heavy atom. The van der Waals surface area contributed by atoms with E-state index in [0.29, 0.717) is 6.54 Å². The third kappa shape index (κ3) is 7.43.